The van der Waals surface area contributed by atoms with Crippen LogP contribution in [0.5, 0.6) is 5.75 Å². The van der Waals surface area contributed by atoms with E-state index in [0.29, 0.717) is 18.5 Å². The van der Waals surface area contributed by atoms with E-state index < -0.39 is 0 Å². The van der Waals surface area contributed by atoms with Gasteiger partial charge in [0.1, 0.15) is 11.6 Å². The lowest BCUT2D eigenvalue weighted by Gasteiger charge is -2.41. The molecular weight excluding hydrogens is 352 g/mol. The molecule has 1 fully saturated rings. The predicted molar refractivity (Wildman–Crippen MR) is 111 cm³/mol. The molecular formula is C21H32N6O. The number of rotatable bonds is 8. The molecule has 0 atom stereocenters. The largest absolute Gasteiger partial charge is 0.497 e. The minimum absolute atomic E-state index is 0.421. The van der Waals surface area contributed by atoms with Gasteiger partial charge < -0.3 is 19.9 Å². The van der Waals surface area contributed by atoms with E-state index in [2.05, 4.69) is 27.8 Å². The highest BCUT2D eigenvalue weighted by molar-refractivity contribution is 5.79. The lowest BCUT2D eigenvalue weighted by atomic mass is 9.67. The lowest BCUT2D eigenvalue weighted by molar-refractivity contribution is 0.131. The zero-order chi connectivity index (χ0) is 20.0. The molecule has 28 heavy (non-hydrogen) atoms. The van der Waals surface area contributed by atoms with Crippen molar-refractivity contribution in [1.29, 1.82) is 0 Å². The minimum Gasteiger partial charge on any atom is -0.497 e. The van der Waals surface area contributed by atoms with Gasteiger partial charge >= 0.3 is 0 Å². The van der Waals surface area contributed by atoms with Gasteiger partial charge in [-0.15, -0.1) is 10.2 Å². The van der Waals surface area contributed by atoms with Crippen molar-refractivity contribution in [3.05, 3.63) is 41.5 Å². The highest BCUT2D eigenvalue weighted by Gasteiger charge is 2.34. The summed E-state index contributed by atoms with van der Waals surface area (Å²) in [5.74, 6) is 3.47. The first-order valence-electron chi connectivity index (χ1n) is 10.1. The van der Waals surface area contributed by atoms with Gasteiger partial charge in [-0.3, -0.25) is 0 Å². The SMILES string of the molecule is CCC1(CNC(=NCc2ccc(OC)cc2)NCc2nnc(C)n2C)CCC1. The number of guanidine groups is 1. The molecule has 1 heterocycles. The molecule has 7 heteroatoms. The normalized spacial score (nSPS) is 15.8. The van der Waals surface area contributed by atoms with Crippen LogP contribution in [-0.4, -0.2) is 34.4 Å². The van der Waals surface area contributed by atoms with Crippen LogP contribution in [0, 0.1) is 12.3 Å². The van der Waals surface area contributed by atoms with Crippen LogP contribution in [0.2, 0.25) is 0 Å². The van der Waals surface area contributed by atoms with Crippen molar-refractivity contribution < 1.29 is 4.74 Å². The number of aliphatic imine (C=N–C) groups is 1. The molecule has 0 radical (unpaired) electrons. The summed E-state index contributed by atoms with van der Waals surface area (Å²) in [5, 5.41) is 15.3. The van der Waals surface area contributed by atoms with Gasteiger partial charge in [-0.1, -0.05) is 25.5 Å². The molecule has 0 aliphatic heterocycles. The standard InChI is InChI=1S/C21H32N6O/c1-5-21(11-6-12-21)15-24-20(23-14-19-26-25-16(2)27(19)3)22-13-17-7-9-18(28-4)10-8-17/h7-10H,5-6,11-15H2,1-4H3,(H2,22,23,24). The highest BCUT2D eigenvalue weighted by atomic mass is 16.5. The predicted octanol–water partition coefficient (Wildman–Crippen LogP) is 2.95. The van der Waals surface area contributed by atoms with Gasteiger partial charge in [0, 0.05) is 13.6 Å². The number of hydrogen-bond acceptors (Lipinski definition) is 4. The zero-order valence-corrected chi connectivity index (χ0v) is 17.5. The van der Waals surface area contributed by atoms with Crippen LogP contribution in [0.3, 0.4) is 0 Å². The zero-order valence-electron chi connectivity index (χ0n) is 17.5. The molecule has 7 nitrogen and oxygen atoms in total. The number of benzene rings is 1. The maximum absolute atomic E-state index is 5.23. The summed E-state index contributed by atoms with van der Waals surface area (Å²) >= 11 is 0. The van der Waals surface area contributed by atoms with E-state index in [1.54, 1.807) is 7.11 Å². The first-order chi connectivity index (χ1) is 13.5. The van der Waals surface area contributed by atoms with Crippen LogP contribution < -0.4 is 15.4 Å². The summed E-state index contributed by atoms with van der Waals surface area (Å²) < 4.78 is 7.22. The Hall–Kier alpha value is -2.57. The third-order valence-electron chi connectivity index (χ3n) is 5.97. The van der Waals surface area contributed by atoms with Gasteiger partial charge in [0.25, 0.3) is 0 Å². The van der Waals surface area contributed by atoms with E-state index in [-0.39, 0.29) is 0 Å². The highest BCUT2D eigenvalue weighted by Crippen LogP contribution is 2.42. The molecule has 1 aliphatic rings. The topological polar surface area (TPSA) is 76.4 Å². The Morgan fingerprint density at radius 3 is 2.50 bits per heavy atom. The van der Waals surface area contributed by atoms with Crippen molar-refractivity contribution in [2.75, 3.05) is 13.7 Å². The third kappa shape index (κ3) is 4.82. The molecule has 1 saturated carbocycles. The molecule has 0 spiro atoms. The van der Waals surface area contributed by atoms with Crippen LogP contribution in [0.25, 0.3) is 0 Å². The van der Waals surface area contributed by atoms with E-state index >= 15 is 0 Å². The third-order valence-corrected chi connectivity index (χ3v) is 5.97. The van der Waals surface area contributed by atoms with Gasteiger partial charge in [0.2, 0.25) is 0 Å². The van der Waals surface area contributed by atoms with Crippen LogP contribution in [0.4, 0.5) is 0 Å². The van der Waals surface area contributed by atoms with Gasteiger partial charge in [-0.05, 0) is 49.3 Å². The molecule has 0 amide bonds. The smallest absolute Gasteiger partial charge is 0.191 e. The molecule has 152 valence electrons. The molecule has 1 aromatic heterocycles. The second-order valence-corrected chi connectivity index (χ2v) is 7.65. The fourth-order valence-electron chi connectivity index (χ4n) is 3.45. The Kier molecular flexibility index (Phi) is 6.54. The first kappa shape index (κ1) is 20.2. The minimum atomic E-state index is 0.421. The van der Waals surface area contributed by atoms with E-state index in [1.807, 2.05) is 42.8 Å². The molecule has 3 rings (SSSR count). The maximum Gasteiger partial charge on any atom is 0.191 e. The molecule has 0 bridgehead atoms. The molecule has 1 aliphatic carbocycles. The average Bonchev–Trinajstić information content (AvgIpc) is 3.01. The Morgan fingerprint density at radius 2 is 1.96 bits per heavy atom. The summed E-state index contributed by atoms with van der Waals surface area (Å²) in [4.78, 5) is 4.79. The van der Waals surface area contributed by atoms with E-state index in [0.717, 1.165) is 35.5 Å². The van der Waals surface area contributed by atoms with Crippen molar-refractivity contribution in [1.82, 2.24) is 25.4 Å². The van der Waals surface area contributed by atoms with Crippen molar-refractivity contribution in [3.8, 4) is 5.75 Å². The van der Waals surface area contributed by atoms with Gasteiger partial charge in [-0.2, -0.15) is 0 Å². The number of nitrogens with one attached hydrogen (secondary N) is 2. The van der Waals surface area contributed by atoms with Crippen LogP contribution in [-0.2, 0) is 20.1 Å². The van der Waals surface area contributed by atoms with Crippen molar-refractivity contribution in [2.24, 2.45) is 17.5 Å². The number of hydrogen-bond donors (Lipinski definition) is 2. The van der Waals surface area contributed by atoms with Gasteiger partial charge in [0.15, 0.2) is 11.8 Å². The van der Waals surface area contributed by atoms with Crippen LogP contribution in [0.15, 0.2) is 29.3 Å². The molecule has 1 aromatic carbocycles. The van der Waals surface area contributed by atoms with Gasteiger partial charge in [0.05, 0.1) is 20.2 Å². The van der Waals surface area contributed by atoms with Crippen LogP contribution in [0.1, 0.15) is 49.8 Å². The summed E-state index contributed by atoms with van der Waals surface area (Å²) in [5.41, 5.74) is 1.56. The van der Waals surface area contributed by atoms with Crippen LogP contribution >= 0.6 is 0 Å². The van der Waals surface area contributed by atoms with Gasteiger partial charge in [-0.25, -0.2) is 4.99 Å². The molecule has 2 aromatic rings. The molecule has 2 N–H and O–H groups in total. The van der Waals surface area contributed by atoms with Crippen molar-refractivity contribution >= 4 is 5.96 Å². The Labute approximate surface area is 167 Å². The number of nitrogens with zero attached hydrogens (tertiary/aromatic N) is 4. The molecule has 0 unspecified atom stereocenters. The van der Waals surface area contributed by atoms with E-state index in [1.165, 1.54) is 25.7 Å². The maximum atomic E-state index is 5.23. The average molecular weight is 385 g/mol. The lowest BCUT2D eigenvalue weighted by Crippen LogP contribution is -2.46. The monoisotopic (exact) mass is 384 g/mol. The Balaban J connectivity index is 1.65. The number of ether oxygens (including phenoxy) is 1. The summed E-state index contributed by atoms with van der Waals surface area (Å²) in [6, 6.07) is 8.03. The number of aryl methyl sites for hydroxylation is 1. The van der Waals surface area contributed by atoms with E-state index in [9.17, 15) is 0 Å². The second kappa shape index (κ2) is 9.08. The van der Waals surface area contributed by atoms with E-state index in [4.69, 9.17) is 9.73 Å². The summed E-state index contributed by atoms with van der Waals surface area (Å²) in [6.45, 7) is 6.39. The summed E-state index contributed by atoms with van der Waals surface area (Å²) in [6.07, 6.45) is 5.13. The van der Waals surface area contributed by atoms with Crippen molar-refractivity contribution in [2.45, 2.75) is 52.6 Å². The fraction of sp³-hybridized carbons (Fsp3) is 0.571. The summed E-state index contributed by atoms with van der Waals surface area (Å²) in [7, 11) is 3.66. The quantitative estimate of drug-likeness (QED) is 0.541. The first-order valence-corrected chi connectivity index (χ1v) is 10.1. The number of aromatic nitrogens is 3. The Morgan fingerprint density at radius 1 is 1.21 bits per heavy atom. The molecule has 0 saturated heterocycles. The Bertz CT molecular complexity index is 786. The fourth-order valence-corrected chi connectivity index (χ4v) is 3.45. The van der Waals surface area contributed by atoms with Crippen molar-refractivity contribution in [3.63, 3.8) is 0 Å². The number of methoxy groups -OCH3 is 1. The second-order valence-electron chi connectivity index (χ2n) is 7.65.